The zero-order chi connectivity index (χ0) is 24.0. The molecule has 2 aliphatic heterocycles. The first-order valence-corrected chi connectivity index (χ1v) is 12.4. The van der Waals surface area contributed by atoms with Crippen LogP contribution in [0.2, 0.25) is 0 Å². The maximum Gasteiger partial charge on any atom is 0.338 e. The van der Waals surface area contributed by atoms with Crippen molar-refractivity contribution in [2.45, 2.75) is 19.9 Å². The summed E-state index contributed by atoms with van der Waals surface area (Å²) in [5, 5.41) is 1.90. The van der Waals surface area contributed by atoms with E-state index in [9.17, 15) is 14.4 Å². The number of rotatable bonds is 5. The largest absolute Gasteiger partial charge is 0.463 e. The SMILES string of the molecule is C=CCN1C(=O)/C(=c2/sc3n(c2=O)[C@@H](c2cccs2)C(C(=O)OCC)=C(C)N=3)c2ccccc21. The molecule has 2 aromatic heterocycles. The molecule has 1 amide bonds. The summed E-state index contributed by atoms with van der Waals surface area (Å²) >= 11 is 2.62. The number of aromatic nitrogens is 1. The standard InChI is InChI=1S/C25H21N3O4S2/c1-4-12-27-16-10-7-6-9-15(16)19(22(27)29)21-23(30)28-20(17-11-8-13-33-17)18(24(31)32-5-2)14(3)26-25(28)34-21/h4,6-11,13,20H,1,5,12H2,2-3H3/b21-19+/t20-/m0/s1. The molecule has 0 saturated heterocycles. The Hall–Kier alpha value is -3.56. The lowest BCUT2D eigenvalue weighted by Gasteiger charge is -2.23. The van der Waals surface area contributed by atoms with E-state index in [1.54, 1.807) is 24.8 Å². The third-order valence-electron chi connectivity index (χ3n) is 5.77. The van der Waals surface area contributed by atoms with Gasteiger partial charge in [-0.3, -0.25) is 14.2 Å². The van der Waals surface area contributed by atoms with E-state index in [0.29, 0.717) is 38.3 Å². The summed E-state index contributed by atoms with van der Waals surface area (Å²) in [4.78, 5) is 47.7. The number of fused-ring (bicyclic) bond motifs is 2. The Balaban J connectivity index is 1.81. The Bertz CT molecular complexity index is 1540. The number of allylic oxidation sites excluding steroid dienone is 1. The minimum atomic E-state index is -0.666. The molecule has 172 valence electrons. The number of esters is 1. The molecule has 0 unspecified atom stereocenters. The van der Waals surface area contributed by atoms with Gasteiger partial charge in [0.25, 0.3) is 11.5 Å². The van der Waals surface area contributed by atoms with Gasteiger partial charge in [0, 0.05) is 17.0 Å². The van der Waals surface area contributed by atoms with E-state index in [1.807, 2.05) is 41.8 Å². The Morgan fingerprint density at radius 1 is 1.24 bits per heavy atom. The monoisotopic (exact) mass is 491 g/mol. The van der Waals surface area contributed by atoms with Gasteiger partial charge in [0.1, 0.15) is 10.6 Å². The molecule has 34 heavy (non-hydrogen) atoms. The zero-order valence-corrected chi connectivity index (χ0v) is 20.2. The van der Waals surface area contributed by atoms with Gasteiger partial charge < -0.3 is 9.64 Å². The van der Waals surface area contributed by atoms with Crippen LogP contribution in [-0.4, -0.2) is 29.6 Å². The van der Waals surface area contributed by atoms with Crippen molar-refractivity contribution in [1.82, 2.24) is 4.57 Å². The number of thiazole rings is 1. The summed E-state index contributed by atoms with van der Waals surface area (Å²) in [5.74, 6) is -0.750. The van der Waals surface area contributed by atoms with Crippen molar-refractivity contribution in [3.05, 3.63) is 95.8 Å². The van der Waals surface area contributed by atoms with E-state index in [2.05, 4.69) is 11.6 Å². The van der Waals surface area contributed by atoms with Gasteiger partial charge in [-0.1, -0.05) is 41.7 Å². The number of hydrogen-bond donors (Lipinski definition) is 0. The molecule has 1 aromatic carbocycles. The number of hydrogen-bond acceptors (Lipinski definition) is 7. The minimum Gasteiger partial charge on any atom is -0.463 e. The van der Waals surface area contributed by atoms with Crippen molar-refractivity contribution in [3.63, 3.8) is 0 Å². The predicted octanol–water partition coefficient (Wildman–Crippen LogP) is 2.76. The zero-order valence-electron chi connectivity index (χ0n) is 18.6. The van der Waals surface area contributed by atoms with Crippen LogP contribution in [0, 0.1) is 0 Å². The van der Waals surface area contributed by atoms with Crippen LogP contribution in [0.15, 0.2) is 75.5 Å². The average Bonchev–Trinajstić information content (AvgIpc) is 3.52. The van der Waals surface area contributed by atoms with Gasteiger partial charge in [0.15, 0.2) is 4.80 Å². The molecule has 9 heteroatoms. The fourth-order valence-electron chi connectivity index (χ4n) is 4.37. The maximum atomic E-state index is 13.9. The molecular weight excluding hydrogens is 470 g/mol. The van der Waals surface area contributed by atoms with Crippen molar-refractivity contribution in [3.8, 4) is 0 Å². The highest BCUT2D eigenvalue weighted by molar-refractivity contribution is 7.10. The maximum absolute atomic E-state index is 13.9. The normalized spacial score (nSPS) is 18.5. The third kappa shape index (κ3) is 3.31. The molecule has 0 fully saturated rings. The van der Waals surface area contributed by atoms with Crippen LogP contribution in [-0.2, 0) is 14.3 Å². The van der Waals surface area contributed by atoms with Crippen molar-refractivity contribution in [1.29, 1.82) is 0 Å². The lowest BCUT2D eigenvalue weighted by Crippen LogP contribution is -2.40. The Morgan fingerprint density at radius 2 is 2.03 bits per heavy atom. The number of amides is 1. The van der Waals surface area contributed by atoms with Crippen LogP contribution in [0.3, 0.4) is 0 Å². The molecule has 0 aliphatic carbocycles. The first-order chi connectivity index (χ1) is 16.5. The van der Waals surface area contributed by atoms with Gasteiger partial charge >= 0.3 is 5.97 Å². The minimum absolute atomic E-state index is 0.214. The summed E-state index contributed by atoms with van der Waals surface area (Å²) in [5.41, 5.74) is 2.28. The molecule has 5 rings (SSSR count). The molecule has 0 N–H and O–H groups in total. The van der Waals surface area contributed by atoms with Crippen LogP contribution in [0.5, 0.6) is 0 Å². The van der Waals surface area contributed by atoms with Crippen LogP contribution >= 0.6 is 22.7 Å². The van der Waals surface area contributed by atoms with Crippen LogP contribution in [0.1, 0.15) is 30.3 Å². The van der Waals surface area contributed by atoms with Crippen molar-refractivity contribution in [2.24, 2.45) is 4.99 Å². The van der Waals surface area contributed by atoms with Gasteiger partial charge in [-0.2, -0.15) is 0 Å². The van der Waals surface area contributed by atoms with Gasteiger partial charge in [0.05, 0.1) is 29.1 Å². The van der Waals surface area contributed by atoms with Crippen LogP contribution in [0.4, 0.5) is 5.69 Å². The molecule has 0 radical (unpaired) electrons. The quantitative estimate of drug-likeness (QED) is 0.406. The summed E-state index contributed by atoms with van der Waals surface area (Å²) in [7, 11) is 0. The van der Waals surface area contributed by atoms with E-state index in [-0.39, 0.29) is 18.1 Å². The molecule has 0 saturated carbocycles. The second kappa shape index (κ2) is 8.66. The second-order valence-corrected chi connectivity index (χ2v) is 9.69. The lowest BCUT2D eigenvalue weighted by atomic mass is 10.0. The van der Waals surface area contributed by atoms with Crippen LogP contribution in [0.25, 0.3) is 5.57 Å². The van der Waals surface area contributed by atoms with E-state index in [4.69, 9.17) is 4.74 Å². The topological polar surface area (TPSA) is 81.0 Å². The number of ether oxygens (including phenoxy) is 1. The molecule has 4 heterocycles. The van der Waals surface area contributed by atoms with Gasteiger partial charge in [-0.25, -0.2) is 9.79 Å². The molecule has 0 bridgehead atoms. The number of nitrogens with zero attached hydrogens (tertiary/aromatic N) is 3. The van der Waals surface area contributed by atoms with E-state index in [0.717, 1.165) is 10.6 Å². The Kier molecular flexibility index (Phi) is 5.66. The molecule has 0 spiro atoms. The smallest absolute Gasteiger partial charge is 0.338 e. The van der Waals surface area contributed by atoms with E-state index >= 15 is 0 Å². The second-order valence-electron chi connectivity index (χ2n) is 7.73. The first-order valence-electron chi connectivity index (χ1n) is 10.8. The predicted molar refractivity (Wildman–Crippen MR) is 133 cm³/mol. The highest BCUT2D eigenvalue weighted by atomic mass is 32.1. The molecule has 3 aromatic rings. The van der Waals surface area contributed by atoms with Crippen molar-refractivity contribution in [2.75, 3.05) is 18.1 Å². The number of benzene rings is 1. The highest BCUT2D eigenvalue weighted by Crippen LogP contribution is 2.36. The Labute approximate surface area is 203 Å². The fraction of sp³-hybridized carbons (Fsp3) is 0.200. The van der Waals surface area contributed by atoms with Crippen molar-refractivity contribution < 1.29 is 14.3 Å². The van der Waals surface area contributed by atoms with Gasteiger partial charge in [0.2, 0.25) is 0 Å². The Morgan fingerprint density at radius 3 is 2.74 bits per heavy atom. The molecule has 7 nitrogen and oxygen atoms in total. The lowest BCUT2D eigenvalue weighted by molar-refractivity contribution is -0.139. The van der Waals surface area contributed by atoms with E-state index < -0.39 is 12.0 Å². The number of carbonyl (C=O) groups is 2. The summed E-state index contributed by atoms with van der Waals surface area (Å²) in [6.07, 6.45) is 1.66. The number of thiophene rings is 1. The van der Waals surface area contributed by atoms with Crippen LogP contribution < -0.4 is 19.8 Å². The molecule has 2 aliphatic rings. The van der Waals surface area contributed by atoms with Gasteiger partial charge in [-0.15, -0.1) is 17.9 Å². The molecular formula is C25H21N3O4S2. The summed E-state index contributed by atoms with van der Waals surface area (Å²) in [6, 6.07) is 10.5. The number of carbonyl (C=O) groups excluding carboxylic acids is 2. The molecule has 1 atom stereocenters. The summed E-state index contributed by atoms with van der Waals surface area (Å²) in [6.45, 7) is 7.79. The fourth-order valence-corrected chi connectivity index (χ4v) is 6.33. The van der Waals surface area contributed by atoms with Gasteiger partial charge in [-0.05, 0) is 31.4 Å². The van der Waals surface area contributed by atoms with Crippen molar-refractivity contribution >= 4 is 45.8 Å². The number of para-hydroxylation sites is 1. The third-order valence-corrected chi connectivity index (χ3v) is 7.75. The first kappa shape index (κ1) is 22.2. The number of anilines is 1. The summed E-state index contributed by atoms with van der Waals surface area (Å²) < 4.78 is 7.13. The highest BCUT2D eigenvalue weighted by Gasteiger charge is 2.37. The average molecular weight is 492 g/mol. The van der Waals surface area contributed by atoms with E-state index in [1.165, 1.54) is 27.2 Å².